The first-order valence-electron chi connectivity index (χ1n) is 16.6. The van der Waals surface area contributed by atoms with Crippen LogP contribution in [0.1, 0.15) is 50.8 Å². The van der Waals surface area contributed by atoms with Crippen molar-refractivity contribution < 1.29 is 0 Å². The van der Waals surface area contributed by atoms with Crippen molar-refractivity contribution in [2.75, 3.05) is 9.80 Å². The van der Waals surface area contributed by atoms with Crippen LogP contribution in [0.15, 0.2) is 151 Å². The number of benzene rings is 6. The molecule has 6 aromatic rings. The fourth-order valence-electron chi connectivity index (χ4n) is 8.65. The minimum absolute atomic E-state index is 0.0747. The smallest absolute Gasteiger partial charge is 0.0564 e. The van der Waals surface area contributed by atoms with Gasteiger partial charge in [-0.3, -0.25) is 0 Å². The maximum absolute atomic E-state index is 2.59. The van der Waals surface area contributed by atoms with Gasteiger partial charge in [-0.15, -0.1) is 0 Å². The molecule has 2 nitrogen and oxygen atoms in total. The van der Waals surface area contributed by atoms with Gasteiger partial charge < -0.3 is 9.80 Å². The van der Waals surface area contributed by atoms with Gasteiger partial charge in [-0.2, -0.15) is 0 Å². The van der Waals surface area contributed by atoms with Crippen LogP contribution in [0.5, 0.6) is 0 Å². The van der Waals surface area contributed by atoms with Crippen molar-refractivity contribution in [1.29, 1.82) is 0 Å². The van der Waals surface area contributed by atoms with Crippen molar-refractivity contribution in [3.63, 3.8) is 0 Å². The highest BCUT2D eigenvalue weighted by atomic mass is 15.2. The molecule has 2 heterocycles. The Morgan fingerprint density at radius 2 is 1.24 bits per heavy atom. The monoisotopic (exact) mass is 594 g/mol. The third-order valence-electron chi connectivity index (χ3n) is 11.0. The van der Waals surface area contributed by atoms with Gasteiger partial charge in [0.15, 0.2) is 0 Å². The lowest BCUT2D eigenvalue weighted by Gasteiger charge is -2.51. The molecule has 0 radical (unpaired) electrons. The summed E-state index contributed by atoms with van der Waals surface area (Å²) in [5.74, 6) is 0. The van der Waals surface area contributed by atoms with E-state index in [0.29, 0.717) is 0 Å². The second kappa shape index (κ2) is 9.71. The molecule has 2 aliphatic heterocycles. The summed E-state index contributed by atoms with van der Waals surface area (Å²) in [6.45, 7) is 9.65. The summed E-state index contributed by atoms with van der Waals surface area (Å²) in [7, 11) is 0. The van der Waals surface area contributed by atoms with E-state index >= 15 is 0 Å². The van der Waals surface area contributed by atoms with Gasteiger partial charge in [0, 0.05) is 27.6 Å². The number of rotatable bonds is 3. The summed E-state index contributed by atoms with van der Waals surface area (Å²) >= 11 is 0. The summed E-state index contributed by atoms with van der Waals surface area (Å²) in [5, 5.41) is 5.14. The molecule has 0 spiro atoms. The van der Waals surface area contributed by atoms with E-state index in [0.717, 1.165) is 6.42 Å². The van der Waals surface area contributed by atoms with Crippen LogP contribution in [-0.4, -0.2) is 6.04 Å². The van der Waals surface area contributed by atoms with Crippen LogP contribution in [0.4, 0.5) is 22.7 Å². The molecule has 6 aromatic carbocycles. The lowest BCUT2D eigenvalue weighted by molar-refractivity contribution is 0.540. The minimum Gasteiger partial charge on any atom is -0.334 e. The first-order chi connectivity index (χ1) is 22.4. The third kappa shape index (κ3) is 3.70. The summed E-state index contributed by atoms with van der Waals surface area (Å²) in [6.07, 6.45) is 5.82. The zero-order valence-electron chi connectivity index (χ0n) is 27.0. The number of nitrogens with zero attached hydrogens (tertiary/aromatic N) is 2. The third-order valence-corrected chi connectivity index (χ3v) is 11.0. The summed E-state index contributed by atoms with van der Waals surface area (Å²) in [6, 6.07) is 47.2. The van der Waals surface area contributed by atoms with Gasteiger partial charge in [0.05, 0.1) is 23.1 Å². The molecule has 46 heavy (non-hydrogen) atoms. The van der Waals surface area contributed by atoms with Gasteiger partial charge in [-0.05, 0) is 75.2 Å². The Labute approximate surface area is 271 Å². The van der Waals surface area contributed by atoms with Crippen LogP contribution in [-0.2, 0) is 10.8 Å². The fraction of sp³-hybridized carbons (Fsp3) is 0.182. The number of hydrogen-bond donors (Lipinski definition) is 0. The first-order valence-corrected chi connectivity index (χ1v) is 16.6. The van der Waals surface area contributed by atoms with Crippen LogP contribution in [0.2, 0.25) is 0 Å². The van der Waals surface area contributed by atoms with Crippen LogP contribution in [0.3, 0.4) is 0 Å². The van der Waals surface area contributed by atoms with Gasteiger partial charge in [0.25, 0.3) is 0 Å². The maximum atomic E-state index is 2.59. The molecule has 1 unspecified atom stereocenters. The normalized spacial score (nSPS) is 18.7. The van der Waals surface area contributed by atoms with E-state index in [1.165, 1.54) is 72.3 Å². The molecule has 2 heteroatoms. The zero-order chi connectivity index (χ0) is 31.2. The number of allylic oxidation sites excluding steroid dienone is 1. The summed E-state index contributed by atoms with van der Waals surface area (Å²) < 4.78 is 0. The summed E-state index contributed by atoms with van der Waals surface area (Å²) in [5.41, 5.74) is 12.0. The predicted molar refractivity (Wildman–Crippen MR) is 195 cm³/mol. The maximum Gasteiger partial charge on any atom is 0.0564 e. The topological polar surface area (TPSA) is 6.48 Å². The molecule has 1 atom stereocenters. The van der Waals surface area contributed by atoms with E-state index in [-0.39, 0.29) is 16.9 Å². The van der Waals surface area contributed by atoms with E-state index in [2.05, 4.69) is 177 Å². The quantitative estimate of drug-likeness (QED) is 0.188. The molecule has 0 saturated heterocycles. The van der Waals surface area contributed by atoms with E-state index in [4.69, 9.17) is 0 Å². The minimum atomic E-state index is -0.129. The van der Waals surface area contributed by atoms with E-state index in [1.54, 1.807) is 0 Å². The summed E-state index contributed by atoms with van der Waals surface area (Å²) in [4.78, 5) is 5.17. The molecule has 0 amide bonds. The van der Waals surface area contributed by atoms with Crippen molar-refractivity contribution in [3.8, 4) is 0 Å². The Balaban J connectivity index is 1.25. The SMILES string of the molecule is CC1(C)C2=C(C=CC(N(c3ccccc3)c3cc4ccccc4c4ccccc34)C2)N2c3ccccc3C(C)(C)c3cccc1c32. The molecule has 3 aliphatic rings. The molecule has 0 N–H and O–H groups in total. The Hall–Kier alpha value is -5.08. The molecular weight excluding hydrogens is 556 g/mol. The van der Waals surface area contributed by atoms with Crippen LogP contribution in [0, 0.1) is 0 Å². The molecule has 0 saturated carbocycles. The molecular formula is C44H38N2. The van der Waals surface area contributed by atoms with Crippen LogP contribution in [0.25, 0.3) is 21.5 Å². The van der Waals surface area contributed by atoms with Crippen molar-refractivity contribution >= 4 is 44.3 Å². The highest BCUT2D eigenvalue weighted by Crippen LogP contribution is 2.59. The second-order valence-corrected chi connectivity index (χ2v) is 14.2. The van der Waals surface area contributed by atoms with Crippen molar-refractivity contribution in [2.24, 2.45) is 0 Å². The Bertz CT molecular complexity index is 2250. The molecule has 0 bridgehead atoms. The predicted octanol–water partition coefficient (Wildman–Crippen LogP) is 11.5. The zero-order valence-corrected chi connectivity index (χ0v) is 27.0. The van der Waals surface area contributed by atoms with Crippen molar-refractivity contribution in [1.82, 2.24) is 0 Å². The molecule has 0 fully saturated rings. The lowest BCUT2D eigenvalue weighted by Crippen LogP contribution is -2.43. The van der Waals surface area contributed by atoms with Crippen molar-refractivity contribution in [3.05, 3.63) is 168 Å². The Morgan fingerprint density at radius 3 is 2.04 bits per heavy atom. The average molecular weight is 595 g/mol. The van der Waals surface area contributed by atoms with Gasteiger partial charge in [0.2, 0.25) is 0 Å². The van der Waals surface area contributed by atoms with E-state index in [1.807, 2.05) is 0 Å². The van der Waals surface area contributed by atoms with Gasteiger partial charge in [0.1, 0.15) is 0 Å². The van der Waals surface area contributed by atoms with E-state index < -0.39 is 0 Å². The molecule has 1 aliphatic carbocycles. The standard InChI is InChI=1S/C44H38N2/c1-43(2)35-21-12-13-24-39(35)46-40-26-25-31(28-38(40)44(3,4)37-23-14-22-36(43)42(37)46)45(30-16-6-5-7-17-30)41-27-29-15-8-9-18-32(29)33-19-10-11-20-34(33)41/h5-27,31H,28H2,1-4H3. The average Bonchev–Trinajstić information content (AvgIpc) is 3.09. The highest BCUT2D eigenvalue weighted by Gasteiger charge is 2.47. The number of anilines is 4. The van der Waals surface area contributed by atoms with Gasteiger partial charge in [-0.1, -0.05) is 137 Å². The largest absolute Gasteiger partial charge is 0.334 e. The van der Waals surface area contributed by atoms with Crippen LogP contribution >= 0.6 is 0 Å². The van der Waals surface area contributed by atoms with Gasteiger partial charge >= 0.3 is 0 Å². The van der Waals surface area contributed by atoms with Crippen LogP contribution < -0.4 is 9.80 Å². The lowest BCUT2D eigenvalue weighted by atomic mass is 9.64. The van der Waals surface area contributed by atoms with E-state index in [9.17, 15) is 0 Å². The number of para-hydroxylation sites is 3. The Morgan fingerprint density at radius 1 is 0.609 bits per heavy atom. The Kier molecular flexibility index (Phi) is 5.75. The molecule has 224 valence electrons. The number of fused-ring (bicyclic) bond motifs is 6. The number of hydrogen-bond acceptors (Lipinski definition) is 2. The highest BCUT2D eigenvalue weighted by molar-refractivity contribution is 6.13. The second-order valence-electron chi connectivity index (χ2n) is 14.2. The first kappa shape index (κ1) is 27.2. The molecule has 9 rings (SSSR count). The van der Waals surface area contributed by atoms with Crippen molar-refractivity contribution in [2.45, 2.75) is 51.0 Å². The fourth-order valence-corrected chi connectivity index (χ4v) is 8.65. The van der Waals surface area contributed by atoms with Gasteiger partial charge in [-0.25, -0.2) is 0 Å². The molecule has 0 aromatic heterocycles.